The van der Waals surface area contributed by atoms with Crippen LogP contribution in [-0.2, 0) is 17.9 Å². The number of aliphatic hydroxyl groups excluding tert-OH is 1. The first-order valence-electron chi connectivity index (χ1n) is 12.7. The molecule has 2 fully saturated rings. The van der Waals surface area contributed by atoms with E-state index in [0.717, 1.165) is 57.5 Å². The molecular formula is C28H38FN3O3. The third kappa shape index (κ3) is 6.40. The topological polar surface area (TPSA) is 65.0 Å². The van der Waals surface area contributed by atoms with E-state index >= 15 is 0 Å². The highest BCUT2D eigenvalue weighted by atomic mass is 19.1. The van der Waals surface area contributed by atoms with Crippen molar-refractivity contribution in [1.29, 1.82) is 0 Å². The molecule has 7 heteroatoms. The molecule has 2 aromatic carbocycles. The zero-order valence-electron chi connectivity index (χ0n) is 21.1. The SMILES string of the molecule is Cc1cc(N(C)C(=O)C2CCC(Oc3ccc(F)c(CO)c3)CC2)ccc1CN1CCN[C@@H](C)C1. The van der Waals surface area contributed by atoms with Crippen molar-refractivity contribution in [3.63, 3.8) is 0 Å². The van der Waals surface area contributed by atoms with E-state index in [1.165, 1.54) is 17.2 Å². The van der Waals surface area contributed by atoms with Gasteiger partial charge in [-0.2, -0.15) is 0 Å². The second kappa shape index (κ2) is 11.5. The van der Waals surface area contributed by atoms with Gasteiger partial charge in [-0.25, -0.2) is 4.39 Å². The summed E-state index contributed by atoms with van der Waals surface area (Å²) in [4.78, 5) is 17.5. The molecular weight excluding hydrogens is 445 g/mol. The number of piperazine rings is 1. The maximum Gasteiger partial charge on any atom is 0.229 e. The van der Waals surface area contributed by atoms with Gasteiger partial charge in [0.15, 0.2) is 0 Å². The van der Waals surface area contributed by atoms with Crippen LogP contribution in [0.2, 0.25) is 0 Å². The summed E-state index contributed by atoms with van der Waals surface area (Å²) in [5.41, 5.74) is 3.70. The van der Waals surface area contributed by atoms with Crippen molar-refractivity contribution >= 4 is 11.6 Å². The smallest absolute Gasteiger partial charge is 0.229 e. The maximum atomic E-state index is 13.6. The first-order chi connectivity index (χ1) is 16.8. The Morgan fingerprint density at radius 3 is 2.63 bits per heavy atom. The summed E-state index contributed by atoms with van der Waals surface area (Å²) in [5, 5.41) is 12.7. The van der Waals surface area contributed by atoms with E-state index in [-0.39, 0.29) is 30.1 Å². The summed E-state index contributed by atoms with van der Waals surface area (Å²) < 4.78 is 19.6. The van der Waals surface area contributed by atoms with Gasteiger partial charge in [0.25, 0.3) is 0 Å². The van der Waals surface area contributed by atoms with E-state index in [0.29, 0.717) is 11.8 Å². The fraction of sp³-hybridized carbons (Fsp3) is 0.536. The third-order valence-electron chi connectivity index (χ3n) is 7.40. The molecule has 1 aliphatic carbocycles. The summed E-state index contributed by atoms with van der Waals surface area (Å²) in [6, 6.07) is 11.3. The summed E-state index contributed by atoms with van der Waals surface area (Å²) in [5.74, 6) is 0.256. The van der Waals surface area contributed by atoms with Gasteiger partial charge in [0.1, 0.15) is 11.6 Å². The van der Waals surface area contributed by atoms with E-state index in [1.807, 2.05) is 7.05 Å². The van der Waals surface area contributed by atoms with Crippen LogP contribution in [0.3, 0.4) is 0 Å². The van der Waals surface area contributed by atoms with Gasteiger partial charge in [-0.15, -0.1) is 0 Å². The van der Waals surface area contributed by atoms with E-state index in [2.05, 4.69) is 42.3 Å². The van der Waals surface area contributed by atoms with Gasteiger partial charge < -0.3 is 20.1 Å². The van der Waals surface area contributed by atoms with E-state index in [1.54, 1.807) is 17.0 Å². The Morgan fingerprint density at radius 1 is 1.17 bits per heavy atom. The van der Waals surface area contributed by atoms with Crippen LogP contribution in [0, 0.1) is 18.7 Å². The van der Waals surface area contributed by atoms with E-state index < -0.39 is 5.82 Å². The molecule has 0 bridgehead atoms. The molecule has 1 atom stereocenters. The Hall–Kier alpha value is -2.48. The summed E-state index contributed by atoms with van der Waals surface area (Å²) >= 11 is 0. The molecule has 0 spiro atoms. The van der Waals surface area contributed by atoms with Crippen LogP contribution in [-0.4, -0.2) is 54.7 Å². The van der Waals surface area contributed by atoms with Crippen molar-refractivity contribution in [1.82, 2.24) is 10.2 Å². The van der Waals surface area contributed by atoms with Crippen molar-refractivity contribution in [2.24, 2.45) is 5.92 Å². The van der Waals surface area contributed by atoms with Gasteiger partial charge in [-0.3, -0.25) is 9.69 Å². The van der Waals surface area contributed by atoms with Gasteiger partial charge in [0, 0.05) is 56.4 Å². The Balaban J connectivity index is 1.30. The predicted molar refractivity (Wildman–Crippen MR) is 136 cm³/mol. The number of carbonyl (C=O) groups excluding carboxylic acids is 1. The van der Waals surface area contributed by atoms with Crippen LogP contribution in [0.15, 0.2) is 36.4 Å². The van der Waals surface area contributed by atoms with Crippen LogP contribution in [0.5, 0.6) is 5.75 Å². The Morgan fingerprint density at radius 2 is 1.94 bits per heavy atom. The number of aryl methyl sites for hydroxylation is 1. The quantitative estimate of drug-likeness (QED) is 0.623. The van der Waals surface area contributed by atoms with Crippen molar-refractivity contribution in [2.75, 3.05) is 31.6 Å². The lowest BCUT2D eigenvalue weighted by Gasteiger charge is -2.32. The van der Waals surface area contributed by atoms with Gasteiger partial charge in [0.2, 0.25) is 5.91 Å². The zero-order valence-corrected chi connectivity index (χ0v) is 21.1. The lowest BCUT2D eigenvalue weighted by Crippen LogP contribution is -2.48. The van der Waals surface area contributed by atoms with Crippen molar-refractivity contribution < 1.29 is 19.0 Å². The van der Waals surface area contributed by atoms with Gasteiger partial charge in [0.05, 0.1) is 12.7 Å². The number of ether oxygens (including phenoxy) is 1. The molecule has 0 unspecified atom stereocenters. The van der Waals surface area contributed by atoms with Gasteiger partial charge >= 0.3 is 0 Å². The summed E-state index contributed by atoms with van der Waals surface area (Å²) in [6.45, 7) is 8.06. The van der Waals surface area contributed by atoms with Gasteiger partial charge in [-0.05, 0) is 81.0 Å². The van der Waals surface area contributed by atoms with Crippen LogP contribution in [0.25, 0.3) is 0 Å². The molecule has 1 saturated heterocycles. The first-order valence-corrected chi connectivity index (χ1v) is 12.7. The summed E-state index contributed by atoms with van der Waals surface area (Å²) in [6.07, 6.45) is 3.07. The van der Waals surface area contributed by atoms with Crippen molar-refractivity contribution in [3.8, 4) is 5.75 Å². The lowest BCUT2D eigenvalue weighted by atomic mass is 9.86. The summed E-state index contributed by atoms with van der Waals surface area (Å²) in [7, 11) is 1.87. The molecule has 35 heavy (non-hydrogen) atoms. The minimum atomic E-state index is -0.432. The largest absolute Gasteiger partial charge is 0.490 e. The molecule has 2 aliphatic rings. The molecule has 2 aromatic rings. The average molecular weight is 484 g/mol. The molecule has 1 amide bonds. The second-order valence-electron chi connectivity index (χ2n) is 10.1. The third-order valence-corrected chi connectivity index (χ3v) is 7.40. The number of rotatable bonds is 7. The van der Waals surface area contributed by atoms with E-state index in [9.17, 15) is 14.3 Å². The highest BCUT2D eigenvalue weighted by Crippen LogP contribution is 2.31. The fourth-order valence-corrected chi connectivity index (χ4v) is 5.23. The monoisotopic (exact) mass is 483 g/mol. The number of amides is 1. The second-order valence-corrected chi connectivity index (χ2v) is 10.1. The van der Waals surface area contributed by atoms with Crippen LogP contribution >= 0.6 is 0 Å². The minimum absolute atomic E-state index is 0.00408. The molecule has 1 saturated carbocycles. The lowest BCUT2D eigenvalue weighted by molar-refractivity contribution is -0.123. The van der Waals surface area contributed by atoms with Crippen molar-refractivity contribution in [3.05, 3.63) is 58.9 Å². The van der Waals surface area contributed by atoms with Gasteiger partial charge in [-0.1, -0.05) is 6.07 Å². The minimum Gasteiger partial charge on any atom is -0.490 e. The Kier molecular flexibility index (Phi) is 8.42. The highest BCUT2D eigenvalue weighted by molar-refractivity contribution is 5.94. The Bertz CT molecular complexity index is 1020. The molecule has 1 aliphatic heterocycles. The van der Waals surface area contributed by atoms with Crippen molar-refractivity contribution in [2.45, 2.75) is 64.8 Å². The molecule has 190 valence electrons. The number of nitrogens with one attached hydrogen (secondary N) is 1. The molecule has 2 N–H and O–H groups in total. The van der Waals surface area contributed by atoms with Crippen LogP contribution in [0.1, 0.15) is 49.3 Å². The number of aliphatic hydroxyl groups is 1. The number of halogens is 1. The number of hydrogen-bond donors (Lipinski definition) is 2. The van der Waals surface area contributed by atoms with Crippen LogP contribution < -0.4 is 15.0 Å². The average Bonchev–Trinajstić information content (AvgIpc) is 2.86. The Labute approximate surface area is 208 Å². The fourth-order valence-electron chi connectivity index (χ4n) is 5.23. The molecule has 0 radical (unpaired) electrons. The zero-order chi connectivity index (χ0) is 24.9. The number of nitrogens with zero attached hydrogens (tertiary/aromatic N) is 2. The standard InChI is InChI=1S/C28H38FN3O3/c1-19-14-24(7-4-22(19)17-32-13-12-30-20(2)16-32)31(3)28(34)21-5-8-25(9-6-21)35-26-10-11-27(29)23(15-26)18-33/h4,7,10-11,14-15,20-21,25,30,33H,5-6,8-9,12-13,16-18H2,1-3H3/t20-,21?,25?/m0/s1. The number of benzene rings is 2. The maximum absolute atomic E-state index is 13.6. The molecule has 6 nitrogen and oxygen atoms in total. The predicted octanol–water partition coefficient (Wildman–Crippen LogP) is 4.02. The van der Waals surface area contributed by atoms with Crippen LogP contribution in [0.4, 0.5) is 10.1 Å². The molecule has 1 heterocycles. The highest BCUT2D eigenvalue weighted by Gasteiger charge is 2.30. The molecule has 4 rings (SSSR count). The number of anilines is 1. The number of carbonyl (C=O) groups is 1. The first kappa shape index (κ1) is 25.6. The van der Waals surface area contributed by atoms with E-state index in [4.69, 9.17) is 4.74 Å². The molecule has 0 aromatic heterocycles. The number of hydrogen-bond acceptors (Lipinski definition) is 5. The normalized spacial score (nSPS) is 23.2.